The van der Waals surface area contributed by atoms with Crippen LogP contribution in [0.15, 0.2) is 153 Å². The first kappa shape index (κ1) is 94.1. The number of imidazole rings is 4. The maximum atomic E-state index is 13.0. The van der Waals surface area contributed by atoms with Crippen LogP contribution in [-0.4, -0.2) is 174 Å². The highest BCUT2D eigenvalue weighted by Gasteiger charge is 2.25. The van der Waals surface area contributed by atoms with Gasteiger partial charge in [-0.1, -0.05) is 95.1 Å². The van der Waals surface area contributed by atoms with E-state index in [9.17, 15) is 33.7 Å². The van der Waals surface area contributed by atoms with Crippen LogP contribution in [0.3, 0.4) is 0 Å². The highest BCUT2D eigenvalue weighted by atomic mass is 32.2. The molecule has 0 amide bonds. The Kier molecular flexibility index (Phi) is 35.1. The predicted molar refractivity (Wildman–Crippen MR) is 477 cm³/mol. The van der Waals surface area contributed by atoms with Crippen molar-refractivity contribution in [3.8, 4) is 0 Å². The Hall–Kier alpha value is -11.1. The minimum Gasteiger partial charge on any atom is -0.377 e. The second kappa shape index (κ2) is 45.8. The van der Waals surface area contributed by atoms with Crippen molar-refractivity contribution in [3.63, 3.8) is 0 Å². The number of hydrogen-bond donors (Lipinski definition) is 12. The van der Waals surface area contributed by atoms with Gasteiger partial charge in [-0.2, -0.15) is 0 Å². The highest BCUT2D eigenvalue weighted by molar-refractivity contribution is 7.91. The van der Waals surface area contributed by atoms with Crippen molar-refractivity contribution in [3.05, 3.63) is 207 Å². The van der Waals surface area contributed by atoms with Gasteiger partial charge in [0.05, 0.1) is 88.4 Å². The highest BCUT2D eigenvalue weighted by Crippen LogP contribution is 2.32. The average molecular weight is 1780 g/mol. The molecule has 37 nitrogen and oxygen atoms in total. The number of nitrogens with two attached hydrogens (primary N) is 4. The van der Waals surface area contributed by atoms with E-state index in [2.05, 4.69) is 100 Å². The molecule has 13 rings (SSSR count). The number of nitrogens with one attached hydrogen (secondary N) is 8. The van der Waals surface area contributed by atoms with Gasteiger partial charge in [0, 0.05) is 104 Å². The standard InChI is InChI=1S/C24H32N8O2S.C23H35N7O2S.C18H25N7O2S.C16H23N7O2S2/c1-31(2)22-12-6-11-21-20(22)10-7-13-23(21)35(33,34)27-14-15-32-17-19(29-30-32)9-5-3-4-8-18-16-26-24(25)28-18;1-15-16(2)18(4)22(19(5)17(15)3)33(31,32)26-11-12-30-14-21(28-29-30)10-8-6-7-9-20-13-25-23(24)27-20;19-18-20-13-15(22-18)7-3-1-4-8-16-14-25(24-23-16)12-11-21-28(26,27)17-9-5-2-6-10-17;17-16-18-11-13(20-16)5-2-1-3-6-14-12-23(22-21-14)9-8-19-27(24,25)15-7-4-10-26-15/h6-7,10-13,16-17,27H,3-5,8-9,14-15H2,1-2H3,(H3,25,26,28);13-14,26H,6-12H2,1-5H3,(H3,24,25,27);2,5-6,9-10,13-14,21H,1,3-4,7-8,11-12H2,(H3,19,20,22);4,7,10-12,19H,1-3,5-6,8-9H2,(H3,17,18,20). The second-order valence-electron chi connectivity index (χ2n) is 30.1. The molecule has 4 aromatic carbocycles. The SMILES string of the molecule is CN(C)c1cccc2c(S(=O)(=O)NCCn3cc(CCCCCc4cnc(N)[nH]4)nn3)cccc12.Cc1c(C)c(C)c(S(=O)(=O)NCCn2cc(CCCCCc3cnc(N)[nH]3)nn2)c(C)c1C.Nc1ncc(CCCCCc2cn(CCNS(=O)(=O)c3ccccc3)nn2)[nH]1.Nc1ncc(CCCCCc2cn(CCNS(=O)(=O)c3cccs3)nn2)[nH]1. The van der Waals surface area contributed by atoms with Crippen LogP contribution in [0.5, 0.6) is 0 Å². The number of sulfonamides is 4. The number of thiophene rings is 1. The molecule has 16 N–H and O–H groups in total. The zero-order valence-electron chi connectivity index (χ0n) is 70.7. The number of anilines is 5. The minimum atomic E-state index is -3.68. The third-order valence-electron chi connectivity index (χ3n) is 20.6. The summed E-state index contributed by atoms with van der Waals surface area (Å²) in [6.07, 6.45) is 34.2. The quantitative estimate of drug-likeness (QED) is 0.0158. The molecule has 13 aromatic rings. The number of aromatic nitrogens is 20. The molecule has 0 atom stereocenters. The number of nitrogen functional groups attached to an aromatic ring is 4. The lowest BCUT2D eigenvalue weighted by Crippen LogP contribution is -2.29. The number of benzene rings is 4. The predicted octanol–water partition coefficient (Wildman–Crippen LogP) is 8.89. The summed E-state index contributed by atoms with van der Waals surface area (Å²) in [5, 5.41) is 36.5. The average Bonchev–Trinajstić information content (AvgIpc) is 1.69. The molecule has 123 heavy (non-hydrogen) atoms. The number of hydrogen-bond acceptors (Lipinski definition) is 26. The van der Waals surface area contributed by atoms with Gasteiger partial charge in [-0.05, 0) is 201 Å². The molecule has 0 aliphatic carbocycles. The molecule has 0 saturated heterocycles. The van der Waals surface area contributed by atoms with E-state index in [1.54, 1.807) is 103 Å². The van der Waals surface area contributed by atoms with E-state index in [0.717, 1.165) is 213 Å². The third kappa shape index (κ3) is 29.3. The third-order valence-corrected chi connectivity index (χ3v) is 28.2. The smallest absolute Gasteiger partial charge is 0.250 e. The number of unbranched alkanes of at least 4 members (excludes halogenated alkanes) is 8. The van der Waals surface area contributed by atoms with Gasteiger partial charge < -0.3 is 47.8 Å². The molecule has 0 aliphatic heterocycles. The van der Waals surface area contributed by atoms with Crippen molar-refractivity contribution in [1.82, 2.24) is 119 Å². The largest absolute Gasteiger partial charge is 0.377 e. The Bertz CT molecular complexity index is 5880. The van der Waals surface area contributed by atoms with E-state index in [1.807, 2.05) is 103 Å². The van der Waals surface area contributed by atoms with Crippen molar-refractivity contribution in [2.45, 2.75) is 208 Å². The van der Waals surface area contributed by atoms with Gasteiger partial charge in [-0.15, -0.1) is 31.7 Å². The molecule has 0 radical (unpaired) electrons. The number of H-pyrrole nitrogens is 4. The van der Waals surface area contributed by atoms with Crippen LogP contribution in [0.2, 0.25) is 0 Å². The van der Waals surface area contributed by atoms with Gasteiger partial charge >= 0.3 is 0 Å². The second-order valence-corrected chi connectivity index (χ2v) is 38.3. The lowest BCUT2D eigenvalue weighted by molar-refractivity contribution is 0.551. The summed E-state index contributed by atoms with van der Waals surface area (Å²) in [6, 6.07) is 22.7. The monoisotopic (exact) mass is 1780 g/mol. The molecular weight excluding hydrogens is 1670 g/mol. The van der Waals surface area contributed by atoms with Crippen molar-refractivity contribution in [2.24, 2.45) is 0 Å². The topological polar surface area (TPSA) is 530 Å². The van der Waals surface area contributed by atoms with Crippen LogP contribution >= 0.6 is 11.3 Å². The molecule has 0 bridgehead atoms. The van der Waals surface area contributed by atoms with E-state index < -0.39 is 40.1 Å². The van der Waals surface area contributed by atoms with Gasteiger partial charge in [0.25, 0.3) is 0 Å². The molecule has 0 spiro atoms. The summed E-state index contributed by atoms with van der Waals surface area (Å²) in [4.78, 5) is 31.0. The van der Waals surface area contributed by atoms with E-state index >= 15 is 0 Å². The van der Waals surface area contributed by atoms with Crippen LogP contribution in [-0.2, 0) is 118 Å². The van der Waals surface area contributed by atoms with E-state index in [0.29, 0.717) is 64.5 Å². The van der Waals surface area contributed by atoms with Crippen molar-refractivity contribution >= 4 is 91.7 Å². The maximum absolute atomic E-state index is 13.0. The first-order valence-corrected chi connectivity index (χ1v) is 47.9. The zero-order chi connectivity index (χ0) is 87.9. The Morgan fingerprint density at radius 2 is 0.707 bits per heavy atom. The van der Waals surface area contributed by atoms with Crippen molar-refractivity contribution in [2.75, 3.05) is 68.1 Å². The molecule has 662 valence electrons. The lowest BCUT2D eigenvalue weighted by atomic mass is 9.95. The normalized spacial score (nSPS) is 11.8. The molecule has 0 saturated carbocycles. The van der Waals surface area contributed by atoms with Gasteiger partial charge in [0.2, 0.25) is 40.1 Å². The summed E-state index contributed by atoms with van der Waals surface area (Å²) < 4.78 is 118. The first-order chi connectivity index (χ1) is 59.0. The molecule has 0 unspecified atom stereocenters. The molecule has 0 fully saturated rings. The number of nitrogens with zero attached hydrogens (tertiary/aromatic N) is 17. The fourth-order valence-corrected chi connectivity index (χ4v) is 19.7. The Balaban J connectivity index is 0.000000173. The number of rotatable bonds is 45. The van der Waals surface area contributed by atoms with E-state index in [1.165, 1.54) is 11.3 Å². The molecule has 0 aliphatic rings. The number of fused-ring (bicyclic) bond motifs is 1. The van der Waals surface area contributed by atoms with Crippen LogP contribution in [0.4, 0.5) is 29.5 Å². The van der Waals surface area contributed by atoms with Gasteiger partial charge in [0.15, 0.2) is 23.8 Å². The fourth-order valence-electron chi connectivity index (χ4n) is 13.7. The fraction of sp³-hybridized carbons (Fsp3) is 0.432. The minimum absolute atomic E-state index is 0.224. The number of aryl methyl sites for hydroxylation is 8. The van der Waals surface area contributed by atoms with Gasteiger partial charge in [0.1, 0.15) is 4.21 Å². The Labute approximate surface area is 722 Å². The molecular formula is C81H115N29O8S5. The van der Waals surface area contributed by atoms with Gasteiger partial charge in [-0.25, -0.2) is 72.5 Å². The van der Waals surface area contributed by atoms with Crippen molar-refractivity contribution < 1.29 is 33.7 Å². The molecule has 9 aromatic heterocycles. The van der Waals surface area contributed by atoms with Crippen LogP contribution in [0.25, 0.3) is 10.8 Å². The van der Waals surface area contributed by atoms with Crippen LogP contribution in [0.1, 0.15) is 150 Å². The molecule has 42 heteroatoms. The lowest BCUT2D eigenvalue weighted by Gasteiger charge is -2.19. The first-order valence-electron chi connectivity index (χ1n) is 41.1. The molecule has 9 heterocycles. The Morgan fingerprint density at radius 1 is 0.366 bits per heavy atom. The maximum Gasteiger partial charge on any atom is 0.250 e. The zero-order valence-corrected chi connectivity index (χ0v) is 74.8. The van der Waals surface area contributed by atoms with Crippen molar-refractivity contribution in [1.29, 1.82) is 0 Å². The summed E-state index contributed by atoms with van der Waals surface area (Å²) in [5.41, 5.74) is 35.9. The summed E-state index contributed by atoms with van der Waals surface area (Å²) >= 11 is 1.20. The van der Waals surface area contributed by atoms with E-state index in [-0.39, 0.29) is 36.0 Å². The number of aromatic amines is 4. The van der Waals surface area contributed by atoms with Gasteiger partial charge in [-0.3, -0.25) is 18.7 Å². The summed E-state index contributed by atoms with van der Waals surface area (Å²) in [5.74, 6) is 1.82. The van der Waals surface area contributed by atoms with Crippen LogP contribution < -0.4 is 46.7 Å². The van der Waals surface area contributed by atoms with E-state index in [4.69, 9.17) is 22.9 Å². The van der Waals surface area contributed by atoms with Crippen LogP contribution in [0, 0.1) is 34.6 Å². The Morgan fingerprint density at radius 3 is 1.07 bits per heavy atom. The summed E-state index contributed by atoms with van der Waals surface area (Å²) in [6.45, 7) is 12.4. The summed E-state index contributed by atoms with van der Waals surface area (Å²) in [7, 11) is -10.3.